The Morgan fingerprint density at radius 2 is 0.920 bits per heavy atom. The van der Waals surface area contributed by atoms with E-state index in [0.29, 0.717) is 44.5 Å². The number of nitriles is 2. The van der Waals surface area contributed by atoms with Gasteiger partial charge < -0.3 is 42.6 Å². The fourth-order valence-corrected chi connectivity index (χ4v) is 5.92. The quantitative estimate of drug-likeness (QED) is 0.0779. The van der Waals surface area contributed by atoms with Gasteiger partial charge in [-0.25, -0.2) is 4.79 Å². The van der Waals surface area contributed by atoms with Crippen molar-refractivity contribution < 1.29 is 66.6 Å². The summed E-state index contributed by atoms with van der Waals surface area (Å²) in [6.45, 7) is 5.39. The maximum absolute atomic E-state index is 11.9. The molecular weight excluding hydrogens is 1020 g/mol. The number of carboxylic acid groups (broad SMARTS) is 1. The SMILES string of the molecule is C.C.C.C.C.C.C.CNC(=O)c1cc[c-]c(C(=O)NC2=CCC2)c1.Cc1ccc(C#N)cc1C(=O)NC1=CCC1.Cc1ccc(C#N)cc1C(=O)O.Cc1ccc(C(N)=O)cc1C(=O)NC1=CCC1.NC1=CCC1.[Y]. The number of aryl methyl sites for hydroxylation is 3. The van der Waals surface area contributed by atoms with Crippen molar-refractivity contribution >= 4 is 35.5 Å². The maximum atomic E-state index is 11.9. The number of benzene rings is 4. The van der Waals surface area contributed by atoms with E-state index >= 15 is 0 Å². The first kappa shape index (κ1) is 76.5. The molecule has 4 aliphatic carbocycles. The zero-order valence-corrected chi connectivity index (χ0v) is 41.3. The summed E-state index contributed by atoms with van der Waals surface area (Å²) >= 11 is 0. The van der Waals surface area contributed by atoms with Crippen molar-refractivity contribution in [3.05, 3.63) is 187 Å². The van der Waals surface area contributed by atoms with Crippen LogP contribution in [-0.4, -0.2) is 47.7 Å². The standard InChI is InChI=1S/C13H13N2O2.C13H14N2O2.C13H12N2O.C9H7NO2.C4H7N.7CH4.Y/c1-14-12(16)9-4-2-5-10(8-9)13(17)15-11-6-3-7-11;1-8-5-6-9(12(14)16)7-11(8)13(17)15-10-3-2-4-10;1-9-5-6-10(8-14)7-12(9)13(16)15-11-3-2-4-11;1-6-2-3-7(5-10)4-8(6)9(11)12;5-4-2-1-3-4;;;;;;;;/h2,4,6,8H,3,7H2,1H3,(H,14,16)(H,15,17);3,5-7H,2,4H2,1H3,(H2,14,16)(H,15,17);3,5-7H,2,4H2,1H3,(H,15,16);2-4H,1H3,(H,11,12);2H,1,3,5H2;7*1H4;/q-1;;;;;;;;;;;;. The number of allylic oxidation sites excluding steroid dienone is 8. The second-order valence-electron chi connectivity index (χ2n) is 15.5. The molecule has 0 aromatic heterocycles. The molecular formula is C59H81N8O7Y-. The normalized spacial score (nSPS) is 11.8. The third kappa shape index (κ3) is 24.0. The molecule has 0 spiro atoms. The van der Waals surface area contributed by atoms with Crippen LogP contribution < -0.4 is 32.7 Å². The summed E-state index contributed by atoms with van der Waals surface area (Å²) in [4.78, 5) is 68.7. The van der Waals surface area contributed by atoms with Crippen molar-refractivity contribution in [1.82, 2.24) is 21.3 Å². The van der Waals surface area contributed by atoms with E-state index in [0.717, 1.165) is 78.9 Å². The summed E-state index contributed by atoms with van der Waals surface area (Å²) in [6.07, 6.45) is 16.1. The molecule has 4 aromatic rings. The van der Waals surface area contributed by atoms with Crippen molar-refractivity contribution in [2.24, 2.45) is 11.5 Å². The minimum Gasteiger partial charge on any atom is -0.478 e. The number of nitrogens with zero attached hydrogens (tertiary/aromatic N) is 2. The second kappa shape index (κ2) is 38.2. The number of rotatable bonds is 9. The third-order valence-electron chi connectivity index (χ3n) is 10.6. The Labute approximate surface area is 472 Å². The fourth-order valence-electron chi connectivity index (χ4n) is 5.92. The number of carboxylic acids is 1. The molecule has 0 unspecified atom stereocenters. The Morgan fingerprint density at radius 3 is 1.27 bits per heavy atom. The van der Waals surface area contributed by atoms with E-state index in [1.165, 1.54) is 24.6 Å². The largest absolute Gasteiger partial charge is 0.478 e. The molecule has 1 radical (unpaired) electrons. The summed E-state index contributed by atoms with van der Waals surface area (Å²) in [5.74, 6) is -2.26. The van der Waals surface area contributed by atoms with Crippen LogP contribution in [0, 0.1) is 49.5 Å². The zero-order valence-electron chi connectivity index (χ0n) is 38.4. The monoisotopic (exact) mass is 1100 g/mol. The van der Waals surface area contributed by atoms with E-state index in [2.05, 4.69) is 27.3 Å². The molecule has 0 fully saturated rings. The number of primary amides is 1. The van der Waals surface area contributed by atoms with E-state index in [9.17, 15) is 28.8 Å². The minimum atomic E-state index is -0.996. The number of amides is 5. The van der Waals surface area contributed by atoms with Crippen LogP contribution >= 0.6 is 0 Å². The number of hydrogen-bond acceptors (Lipinski definition) is 9. The first-order chi connectivity index (χ1) is 32.0. The Hall–Kier alpha value is -7.46. The molecule has 16 heteroatoms. The van der Waals surface area contributed by atoms with E-state index in [4.69, 9.17) is 27.1 Å². The van der Waals surface area contributed by atoms with Crippen LogP contribution in [0.4, 0.5) is 0 Å². The molecule has 4 aliphatic rings. The molecule has 9 N–H and O–H groups in total. The molecule has 0 saturated heterocycles. The van der Waals surface area contributed by atoms with E-state index in [1.807, 2.05) is 50.3 Å². The van der Waals surface area contributed by atoms with Crippen LogP contribution in [-0.2, 0) is 32.7 Å². The van der Waals surface area contributed by atoms with Crippen LogP contribution in [0.1, 0.15) is 193 Å². The first-order valence-corrected chi connectivity index (χ1v) is 21.4. The summed E-state index contributed by atoms with van der Waals surface area (Å²) in [5.41, 5.74) is 20.1. The van der Waals surface area contributed by atoms with Crippen molar-refractivity contribution in [1.29, 1.82) is 10.5 Å². The predicted octanol–water partition coefficient (Wildman–Crippen LogP) is 11.7. The Kier molecular flexibility index (Phi) is 38.9. The van der Waals surface area contributed by atoms with Gasteiger partial charge >= 0.3 is 5.97 Å². The van der Waals surface area contributed by atoms with E-state index in [-0.39, 0.29) is 114 Å². The van der Waals surface area contributed by atoms with Gasteiger partial charge in [0, 0.05) is 79.2 Å². The number of hydrogen-bond donors (Lipinski definition) is 7. The predicted molar refractivity (Wildman–Crippen MR) is 300 cm³/mol. The Bertz CT molecular complexity index is 2780. The molecule has 15 nitrogen and oxygen atoms in total. The molecule has 403 valence electrons. The molecule has 5 amide bonds. The van der Waals surface area contributed by atoms with Gasteiger partial charge in [0.2, 0.25) is 11.8 Å². The van der Waals surface area contributed by atoms with Gasteiger partial charge in [0.05, 0.1) is 28.8 Å². The van der Waals surface area contributed by atoms with Gasteiger partial charge in [-0.3, -0.25) is 19.2 Å². The summed E-state index contributed by atoms with van der Waals surface area (Å²) in [5, 5.41) is 36.9. The summed E-state index contributed by atoms with van der Waals surface area (Å²) < 4.78 is 0. The van der Waals surface area contributed by atoms with Gasteiger partial charge in [-0.1, -0.05) is 100 Å². The average molecular weight is 1100 g/mol. The molecule has 0 saturated carbocycles. The molecule has 0 heterocycles. The number of carbonyl (C=O) groups excluding carboxylic acids is 5. The molecule has 0 bridgehead atoms. The topological polar surface area (TPSA) is 270 Å². The third-order valence-corrected chi connectivity index (χ3v) is 10.6. The second-order valence-corrected chi connectivity index (χ2v) is 15.5. The van der Waals surface area contributed by atoms with E-state index in [1.54, 1.807) is 68.6 Å². The summed E-state index contributed by atoms with van der Waals surface area (Å²) in [7, 11) is 1.55. The number of nitrogens with one attached hydrogen (secondary N) is 4. The number of nitrogens with two attached hydrogens (primary N) is 2. The summed E-state index contributed by atoms with van der Waals surface area (Å²) in [6, 6.07) is 26.1. The van der Waals surface area contributed by atoms with Gasteiger partial charge in [-0.15, -0.1) is 24.3 Å². The molecule has 4 aromatic carbocycles. The smallest absolute Gasteiger partial charge is 0.335 e. The van der Waals surface area contributed by atoms with Crippen LogP contribution in [0.15, 0.2) is 120 Å². The van der Waals surface area contributed by atoms with Crippen molar-refractivity contribution in [2.75, 3.05) is 7.05 Å². The fraction of sp³-hybridized carbons (Fsp3) is 0.322. The van der Waals surface area contributed by atoms with Crippen molar-refractivity contribution in [3.8, 4) is 12.1 Å². The van der Waals surface area contributed by atoms with Gasteiger partial charge in [0.1, 0.15) is 0 Å². The molecule has 0 aliphatic heterocycles. The van der Waals surface area contributed by atoms with Gasteiger partial charge in [0.25, 0.3) is 11.8 Å². The van der Waals surface area contributed by atoms with Crippen LogP contribution in [0.5, 0.6) is 0 Å². The van der Waals surface area contributed by atoms with Gasteiger partial charge in [0.15, 0.2) is 5.91 Å². The van der Waals surface area contributed by atoms with Crippen molar-refractivity contribution in [2.45, 2.75) is 124 Å². The number of carbonyl (C=O) groups is 6. The maximum Gasteiger partial charge on any atom is 0.335 e. The first-order valence-electron chi connectivity index (χ1n) is 21.4. The molecule has 75 heavy (non-hydrogen) atoms. The van der Waals surface area contributed by atoms with Gasteiger partial charge in [-0.2, -0.15) is 10.5 Å². The van der Waals surface area contributed by atoms with E-state index < -0.39 is 11.9 Å². The minimum absolute atomic E-state index is 0. The van der Waals surface area contributed by atoms with Crippen LogP contribution in [0.25, 0.3) is 0 Å². The average Bonchev–Trinajstić information content (AvgIpc) is 3.27. The number of aromatic carboxylic acids is 1. The Morgan fingerprint density at radius 1 is 0.547 bits per heavy atom. The Balaban J connectivity index is -0.000000273. The van der Waals surface area contributed by atoms with Crippen LogP contribution in [0.3, 0.4) is 0 Å². The molecule has 8 rings (SSSR count). The zero-order chi connectivity index (χ0) is 49.0. The van der Waals surface area contributed by atoms with Crippen LogP contribution in [0.2, 0.25) is 0 Å². The van der Waals surface area contributed by atoms with Gasteiger partial charge in [-0.05, 0) is 131 Å². The van der Waals surface area contributed by atoms with Crippen molar-refractivity contribution in [3.63, 3.8) is 0 Å². The molecule has 0 atom stereocenters.